The summed E-state index contributed by atoms with van der Waals surface area (Å²) in [7, 11) is 0. The van der Waals surface area contributed by atoms with Crippen LogP contribution in [0, 0.1) is 23.7 Å². The maximum Gasteiger partial charge on any atom is 0.0956 e. The molecule has 2 aliphatic carbocycles. The van der Waals surface area contributed by atoms with Crippen LogP contribution >= 0.6 is 23.2 Å². The Balaban J connectivity index is 1.72. The normalized spacial score (nSPS) is 29.7. The van der Waals surface area contributed by atoms with Crippen LogP contribution in [0.4, 0.5) is 0 Å². The van der Waals surface area contributed by atoms with Gasteiger partial charge in [-0.3, -0.25) is 0 Å². The average molecular weight is 465 g/mol. The topological polar surface area (TPSA) is 20.2 Å². The van der Waals surface area contributed by atoms with Crippen molar-refractivity contribution in [2.75, 3.05) is 0 Å². The van der Waals surface area contributed by atoms with Gasteiger partial charge in [0, 0.05) is 15.6 Å². The van der Waals surface area contributed by atoms with E-state index in [0.29, 0.717) is 16.0 Å². The fraction of sp³-hybridized carbons (Fsp3) is 0.379. The Bertz CT molecular complexity index is 1120. The molecule has 2 saturated carbocycles. The summed E-state index contributed by atoms with van der Waals surface area (Å²) < 4.78 is 0. The number of aliphatic hydroxyl groups is 1. The van der Waals surface area contributed by atoms with E-state index in [1.54, 1.807) is 6.07 Å². The van der Waals surface area contributed by atoms with Crippen molar-refractivity contribution in [3.8, 4) is 22.3 Å². The zero-order valence-electron chi connectivity index (χ0n) is 18.7. The van der Waals surface area contributed by atoms with Crippen molar-refractivity contribution in [3.63, 3.8) is 0 Å². The molecule has 3 aromatic rings. The molecule has 0 aromatic heterocycles. The van der Waals surface area contributed by atoms with Crippen LogP contribution in [-0.4, -0.2) is 5.11 Å². The highest BCUT2D eigenvalue weighted by atomic mass is 35.5. The third kappa shape index (κ3) is 3.79. The molecule has 0 amide bonds. The Morgan fingerprint density at radius 1 is 0.781 bits per heavy atom. The van der Waals surface area contributed by atoms with E-state index in [1.165, 1.54) is 6.42 Å². The van der Waals surface area contributed by atoms with Gasteiger partial charge in [-0.1, -0.05) is 85.6 Å². The molecule has 0 radical (unpaired) electrons. The number of hydrogen-bond donors (Lipinski definition) is 1. The van der Waals surface area contributed by atoms with Gasteiger partial charge in [0.25, 0.3) is 0 Å². The first-order valence-corrected chi connectivity index (χ1v) is 12.5. The standard InChI is InChI=1S/C29H30Cl2O/c1-18-12-20-14-19(2)29(32,23(13-18)15-20)27-16-22(21-6-4-3-5-7-21)8-10-25(27)26-11-9-24(30)17-28(26)31/h3-11,16-20,23,32H,12-15H2,1-2H3. The molecule has 0 spiro atoms. The van der Waals surface area contributed by atoms with Crippen molar-refractivity contribution in [3.05, 3.63) is 82.3 Å². The molecular weight excluding hydrogens is 435 g/mol. The van der Waals surface area contributed by atoms with Crippen molar-refractivity contribution in [2.45, 2.75) is 45.1 Å². The molecule has 3 aromatic carbocycles. The monoisotopic (exact) mass is 464 g/mol. The third-order valence-corrected chi connectivity index (χ3v) is 8.43. The van der Waals surface area contributed by atoms with E-state index in [2.05, 4.69) is 56.3 Å². The summed E-state index contributed by atoms with van der Waals surface area (Å²) >= 11 is 12.9. The van der Waals surface area contributed by atoms with E-state index in [4.69, 9.17) is 23.2 Å². The summed E-state index contributed by atoms with van der Waals surface area (Å²) in [6.45, 7) is 4.57. The summed E-state index contributed by atoms with van der Waals surface area (Å²) in [6.07, 6.45) is 4.53. The molecule has 5 rings (SSSR count). The highest BCUT2D eigenvalue weighted by Gasteiger charge is 2.51. The summed E-state index contributed by atoms with van der Waals surface area (Å²) in [4.78, 5) is 0. The van der Waals surface area contributed by atoms with Gasteiger partial charge in [0.1, 0.15) is 0 Å². The summed E-state index contributed by atoms with van der Waals surface area (Å²) in [5.74, 6) is 1.82. The van der Waals surface area contributed by atoms with E-state index in [0.717, 1.165) is 53.0 Å². The number of rotatable bonds is 3. The Morgan fingerprint density at radius 2 is 1.53 bits per heavy atom. The van der Waals surface area contributed by atoms with Crippen molar-refractivity contribution in [1.29, 1.82) is 0 Å². The van der Waals surface area contributed by atoms with Crippen LogP contribution < -0.4 is 0 Å². The van der Waals surface area contributed by atoms with Gasteiger partial charge in [0.05, 0.1) is 5.60 Å². The van der Waals surface area contributed by atoms with Crippen LogP contribution in [0.25, 0.3) is 22.3 Å². The first-order valence-electron chi connectivity index (χ1n) is 11.7. The second-order valence-corrected chi connectivity index (χ2v) is 10.9. The average Bonchev–Trinajstić information content (AvgIpc) is 2.78. The van der Waals surface area contributed by atoms with Gasteiger partial charge in [-0.05, 0) is 89.8 Å². The number of hydrogen-bond acceptors (Lipinski definition) is 1. The van der Waals surface area contributed by atoms with Crippen molar-refractivity contribution in [1.82, 2.24) is 0 Å². The molecule has 2 aliphatic rings. The van der Waals surface area contributed by atoms with Crippen LogP contribution in [0.3, 0.4) is 0 Å². The molecule has 0 saturated heterocycles. The van der Waals surface area contributed by atoms with Crippen LogP contribution in [0.1, 0.15) is 45.1 Å². The molecule has 5 atom stereocenters. The number of benzene rings is 3. The molecule has 32 heavy (non-hydrogen) atoms. The van der Waals surface area contributed by atoms with Gasteiger partial charge in [0.2, 0.25) is 0 Å². The fourth-order valence-electron chi connectivity index (χ4n) is 6.49. The molecule has 5 unspecified atom stereocenters. The minimum Gasteiger partial charge on any atom is -0.385 e. The maximum atomic E-state index is 12.5. The molecular formula is C29H30Cl2O. The molecule has 2 bridgehead atoms. The van der Waals surface area contributed by atoms with E-state index < -0.39 is 5.60 Å². The number of halogens is 2. The Morgan fingerprint density at radius 3 is 2.28 bits per heavy atom. The molecule has 0 aliphatic heterocycles. The molecule has 2 fully saturated rings. The van der Waals surface area contributed by atoms with Gasteiger partial charge < -0.3 is 5.11 Å². The minimum absolute atomic E-state index is 0.189. The summed E-state index contributed by atoms with van der Waals surface area (Å²) in [5.41, 5.74) is 4.35. The molecule has 1 nitrogen and oxygen atoms in total. The van der Waals surface area contributed by atoms with Crippen LogP contribution in [-0.2, 0) is 5.60 Å². The molecule has 0 heterocycles. The lowest BCUT2D eigenvalue weighted by atomic mass is 9.55. The SMILES string of the molecule is CC1CC2CC(C)C(O)(c3cc(-c4ccccc4)ccc3-c3ccc(Cl)cc3Cl)C(C1)C2. The fourth-order valence-corrected chi connectivity index (χ4v) is 7.00. The van der Waals surface area contributed by atoms with Gasteiger partial charge in [-0.25, -0.2) is 0 Å². The van der Waals surface area contributed by atoms with Gasteiger partial charge in [-0.2, -0.15) is 0 Å². The van der Waals surface area contributed by atoms with E-state index >= 15 is 0 Å². The highest BCUT2D eigenvalue weighted by molar-refractivity contribution is 6.36. The van der Waals surface area contributed by atoms with Crippen molar-refractivity contribution < 1.29 is 5.11 Å². The van der Waals surface area contributed by atoms with E-state index in [1.807, 2.05) is 18.2 Å². The largest absolute Gasteiger partial charge is 0.385 e. The first kappa shape index (κ1) is 22.0. The van der Waals surface area contributed by atoms with E-state index in [9.17, 15) is 5.11 Å². The van der Waals surface area contributed by atoms with Crippen LogP contribution in [0.15, 0.2) is 66.7 Å². The van der Waals surface area contributed by atoms with Gasteiger partial charge in [0.15, 0.2) is 0 Å². The second-order valence-electron chi connectivity index (χ2n) is 10.1. The van der Waals surface area contributed by atoms with Crippen LogP contribution in [0.5, 0.6) is 0 Å². The second kappa shape index (κ2) is 8.52. The minimum atomic E-state index is -0.881. The van der Waals surface area contributed by atoms with E-state index in [-0.39, 0.29) is 11.8 Å². The maximum absolute atomic E-state index is 12.5. The molecule has 3 heteroatoms. The highest BCUT2D eigenvalue weighted by Crippen LogP contribution is 2.56. The smallest absolute Gasteiger partial charge is 0.0956 e. The van der Waals surface area contributed by atoms with Crippen molar-refractivity contribution in [2.24, 2.45) is 23.7 Å². The van der Waals surface area contributed by atoms with Crippen LogP contribution in [0.2, 0.25) is 10.0 Å². The lowest BCUT2D eigenvalue weighted by Crippen LogP contribution is -2.49. The number of fused-ring (bicyclic) bond motifs is 2. The molecule has 166 valence electrons. The summed E-state index contributed by atoms with van der Waals surface area (Å²) in [5, 5.41) is 13.8. The van der Waals surface area contributed by atoms with Gasteiger partial charge >= 0.3 is 0 Å². The van der Waals surface area contributed by atoms with Crippen molar-refractivity contribution >= 4 is 23.2 Å². The van der Waals surface area contributed by atoms with Gasteiger partial charge in [-0.15, -0.1) is 0 Å². The predicted molar refractivity (Wildman–Crippen MR) is 135 cm³/mol. The third-order valence-electron chi connectivity index (χ3n) is 7.88. The predicted octanol–water partition coefficient (Wildman–Crippen LogP) is 8.61. The quantitative estimate of drug-likeness (QED) is 0.411. The Labute approximate surface area is 201 Å². The molecule has 1 N–H and O–H groups in total. The Kier molecular flexibility index (Phi) is 5.86. The Hall–Kier alpha value is -1.80. The lowest BCUT2D eigenvalue weighted by Gasteiger charge is -2.52. The summed E-state index contributed by atoms with van der Waals surface area (Å²) in [6, 6.07) is 22.5. The first-order chi connectivity index (χ1) is 15.4. The lowest BCUT2D eigenvalue weighted by molar-refractivity contribution is -0.132. The zero-order chi connectivity index (χ0) is 22.5. The zero-order valence-corrected chi connectivity index (χ0v) is 20.2.